The van der Waals surface area contributed by atoms with E-state index >= 15 is 0 Å². The van der Waals surface area contributed by atoms with Crippen LogP contribution in [0.4, 0.5) is 10.7 Å². The van der Waals surface area contributed by atoms with Crippen LogP contribution in [-0.2, 0) is 4.79 Å². The molecule has 47 heavy (non-hydrogen) atoms. The molecule has 1 aliphatic rings. The lowest BCUT2D eigenvalue weighted by molar-refractivity contribution is -0.125. The van der Waals surface area contributed by atoms with Crippen LogP contribution in [0.25, 0.3) is 32.8 Å². The van der Waals surface area contributed by atoms with Crippen LogP contribution in [0.5, 0.6) is 11.5 Å². The monoisotopic (exact) mass is 669 g/mol. The first kappa shape index (κ1) is 33.3. The molecule has 0 unspecified atom stereocenters. The highest BCUT2D eigenvalue weighted by Gasteiger charge is 2.45. The van der Waals surface area contributed by atoms with E-state index < -0.39 is 5.54 Å². The first-order valence-corrected chi connectivity index (χ1v) is 16.5. The largest absolute Gasteiger partial charge is 0.497 e. The predicted octanol–water partition coefficient (Wildman–Crippen LogP) is 7.25. The summed E-state index contributed by atoms with van der Waals surface area (Å²) in [5.41, 5.74) is 4.16. The molecule has 1 saturated heterocycles. The van der Waals surface area contributed by atoms with E-state index in [1.165, 1.54) is 16.2 Å². The number of carbonyl (C=O) groups is 3. The number of ether oxygens (including phenoxy) is 2. The molecule has 12 heteroatoms. The number of Topliss-reactive ketones (excluding diaryl/α,β-unsaturated/α-hetero) is 1. The van der Waals surface area contributed by atoms with Crippen molar-refractivity contribution in [1.82, 2.24) is 20.2 Å². The number of benzene rings is 2. The fraction of sp³-hybridized carbons (Fsp3) is 0.229. The summed E-state index contributed by atoms with van der Waals surface area (Å²) in [5, 5.41) is 9.48. The zero-order valence-corrected chi connectivity index (χ0v) is 28.3. The van der Waals surface area contributed by atoms with Crippen molar-refractivity contribution in [2.24, 2.45) is 0 Å². The maximum absolute atomic E-state index is 12.0. The summed E-state index contributed by atoms with van der Waals surface area (Å²) >= 11 is 3.09. The Labute approximate surface area is 281 Å². The number of nitrogens with zero attached hydrogens (tertiary/aromatic N) is 3. The number of ketones is 1. The Morgan fingerprint density at radius 2 is 1.47 bits per heavy atom. The molecular formula is C35H35N5O5S2. The molecule has 3 aromatic heterocycles. The smallest absolute Gasteiger partial charge is 0.325 e. The summed E-state index contributed by atoms with van der Waals surface area (Å²) in [5.74, 6) is 1.92. The van der Waals surface area contributed by atoms with Gasteiger partial charge in [0, 0.05) is 30.4 Å². The van der Waals surface area contributed by atoms with Gasteiger partial charge in [-0.1, -0.05) is 24.3 Å². The second-order valence-corrected chi connectivity index (χ2v) is 12.8. The number of amides is 3. The molecule has 2 aromatic carbocycles. The van der Waals surface area contributed by atoms with E-state index in [4.69, 9.17) is 9.47 Å². The van der Waals surface area contributed by atoms with Crippen LogP contribution in [0.3, 0.4) is 0 Å². The van der Waals surface area contributed by atoms with Gasteiger partial charge in [-0.15, -0.1) is 22.7 Å². The lowest BCUT2D eigenvalue weighted by Gasteiger charge is -2.27. The van der Waals surface area contributed by atoms with Crippen LogP contribution in [0.15, 0.2) is 83.7 Å². The number of carbonyl (C=O) groups excluding carboxylic acids is 3. The maximum Gasteiger partial charge on any atom is 0.325 e. The van der Waals surface area contributed by atoms with Crippen molar-refractivity contribution in [3.63, 3.8) is 0 Å². The third-order valence-corrected chi connectivity index (χ3v) is 9.61. The second kappa shape index (κ2) is 14.6. The third kappa shape index (κ3) is 7.50. The first-order valence-electron chi connectivity index (χ1n) is 14.8. The van der Waals surface area contributed by atoms with Gasteiger partial charge < -0.3 is 19.7 Å². The molecule has 1 aliphatic heterocycles. The zero-order chi connectivity index (χ0) is 33.6. The molecule has 4 heterocycles. The van der Waals surface area contributed by atoms with E-state index in [1.54, 1.807) is 52.5 Å². The Hall–Kier alpha value is -5.07. The van der Waals surface area contributed by atoms with Crippen molar-refractivity contribution in [2.75, 3.05) is 32.6 Å². The topological polar surface area (TPSA) is 123 Å². The number of anilines is 1. The Morgan fingerprint density at radius 3 is 2.04 bits per heavy atom. The van der Waals surface area contributed by atoms with Crippen LogP contribution >= 0.6 is 22.7 Å². The van der Waals surface area contributed by atoms with E-state index in [-0.39, 0.29) is 17.7 Å². The van der Waals surface area contributed by atoms with E-state index in [0.717, 1.165) is 49.2 Å². The Kier molecular flexibility index (Phi) is 10.3. The van der Waals surface area contributed by atoms with Gasteiger partial charge in [0.05, 0.1) is 29.7 Å². The fourth-order valence-corrected chi connectivity index (χ4v) is 6.72. The molecule has 242 valence electrons. The van der Waals surface area contributed by atoms with Crippen molar-refractivity contribution in [2.45, 2.75) is 26.3 Å². The van der Waals surface area contributed by atoms with Crippen LogP contribution in [-0.4, -0.2) is 65.4 Å². The summed E-state index contributed by atoms with van der Waals surface area (Å²) in [4.78, 5) is 47.6. The van der Waals surface area contributed by atoms with Gasteiger partial charge in [-0.05, 0) is 85.1 Å². The molecule has 0 atom stereocenters. The van der Waals surface area contributed by atoms with Crippen molar-refractivity contribution in [3.8, 4) is 44.3 Å². The molecule has 0 bridgehead atoms. The average molecular weight is 670 g/mol. The van der Waals surface area contributed by atoms with Crippen molar-refractivity contribution in [1.29, 1.82) is 0 Å². The highest BCUT2D eigenvalue weighted by Crippen LogP contribution is 2.36. The molecule has 6 rings (SSSR count). The third-order valence-electron chi connectivity index (χ3n) is 7.66. The van der Waals surface area contributed by atoms with Crippen molar-refractivity contribution < 1.29 is 23.9 Å². The number of nitrogens with one attached hydrogen (secondary N) is 2. The van der Waals surface area contributed by atoms with Gasteiger partial charge in [0.25, 0.3) is 5.91 Å². The van der Waals surface area contributed by atoms with Crippen LogP contribution in [0.2, 0.25) is 0 Å². The summed E-state index contributed by atoms with van der Waals surface area (Å²) in [6.07, 6.45) is 1.71. The molecule has 2 N–H and O–H groups in total. The minimum Gasteiger partial charge on any atom is -0.497 e. The Balaban J connectivity index is 0.000000227. The van der Waals surface area contributed by atoms with Crippen molar-refractivity contribution >= 4 is 46.3 Å². The Morgan fingerprint density at radius 1 is 0.872 bits per heavy atom. The minimum absolute atomic E-state index is 0.112. The molecule has 1 fully saturated rings. The van der Waals surface area contributed by atoms with Gasteiger partial charge in [0.1, 0.15) is 17.0 Å². The minimum atomic E-state index is -0.869. The fourth-order valence-electron chi connectivity index (χ4n) is 5.01. The number of methoxy groups -OCH3 is 2. The van der Waals surface area contributed by atoms with Gasteiger partial charge in [0.2, 0.25) is 5.95 Å². The number of imide groups is 1. The van der Waals surface area contributed by atoms with Gasteiger partial charge in [0.15, 0.2) is 5.78 Å². The standard InChI is InChI=1S/C22H23N5O3S.C13H12O2S/c1-22(2)19(28)26-21(29)27(22)12-11-24-20-23-10-8-17(25-20)18-16(9-13-31-18)14-4-6-15(30-3)7-5-14;1-9(14)13-12(7-8-16-13)10-3-5-11(15-2)6-4-10/h4-10,13H,11-12H2,1-3H3,(H,23,24,25)(H,26,28,29);3-8H,1-2H3. The lowest BCUT2D eigenvalue weighted by Crippen LogP contribution is -2.46. The van der Waals surface area contributed by atoms with E-state index in [2.05, 4.69) is 26.7 Å². The van der Waals surface area contributed by atoms with Crippen LogP contribution in [0.1, 0.15) is 30.4 Å². The molecule has 0 radical (unpaired) electrons. The first-order chi connectivity index (χ1) is 22.6. The normalized spacial score (nSPS) is 13.4. The molecular weight excluding hydrogens is 635 g/mol. The van der Waals surface area contributed by atoms with Crippen LogP contribution in [0, 0.1) is 0 Å². The molecule has 0 spiro atoms. The number of hydrogen-bond acceptors (Lipinski definition) is 10. The van der Waals surface area contributed by atoms with Crippen LogP contribution < -0.4 is 20.1 Å². The predicted molar refractivity (Wildman–Crippen MR) is 186 cm³/mol. The quantitative estimate of drug-likeness (QED) is 0.118. The Bertz CT molecular complexity index is 1870. The number of thiophene rings is 2. The molecule has 0 saturated carbocycles. The van der Waals surface area contributed by atoms with Crippen molar-refractivity contribution in [3.05, 3.63) is 88.6 Å². The number of urea groups is 1. The molecule has 0 aliphatic carbocycles. The maximum atomic E-state index is 12.0. The van der Waals surface area contributed by atoms with E-state index in [0.29, 0.717) is 19.0 Å². The van der Waals surface area contributed by atoms with E-state index in [9.17, 15) is 14.4 Å². The summed E-state index contributed by atoms with van der Waals surface area (Å²) in [6, 6.07) is 21.2. The number of rotatable bonds is 10. The average Bonchev–Trinajstić information content (AvgIpc) is 3.82. The summed E-state index contributed by atoms with van der Waals surface area (Å²) in [6.45, 7) is 5.82. The number of hydrogen-bond donors (Lipinski definition) is 2. The number of aromatic nitrogens is 2. The lowest BCUT2D eigenvalue weighted by atomic mass is 10.0. The molecule has 10 nitrogen and oxygen atoms in total. The second-order valence-electron chi connectivity index (χ2n) is 11.0. The van der Waals surface area contributed by atoms with Gasteiger partial charge in [-0.3, -0.25) is 14.9 Å². The highest BCUT2D eigenvalue weighted by molar-refractivity contribution is 7.14. The summed E-state index contributed by atoms with van der Waals surface area (Å²) < 4.78 is 10.3. The molecule has 3 amide bonds. The SMILES string of the molecule is COc1ccc(-c2ccsc2-c2ccnc(NCCN3C(=O)NC(=O)C3(C)C)n2)cc1.COc1ccc(-c2ccsc2C(C)=O)cc1. The zero-order valence-electron chi connectivity index (χ0n) is 26.7. The van der Waals surface area contributed by atoms with Gasteiger partial charge in [-0.25, -0.2) is 14.8 Å². The van der Waals surface area contributed by atoms with Gasteiger partial charge in [-0.2, -0.15) is 0 Å². The van der Waals surface area contributed by atoms with E-state index in [1.807, 2.05) is 71.4 Å². The highest BCUT2D eigenvalue weighted by atomic mass is 32.1. The summed E-state index contributed by atoms with van der Waals surface area (Å²) in [7, 11) is 3.29. The van der Waals surface area contributed by atoms with Gasteiger partial charge >= 0.3 is 6.03 Å². The molecule has 5 aromatic rings.